The fourth-order valence-electron chi connectivity index (χ4n) is 2.57. The third-order valence-corrected chi connectivity index (χ3v) is 3.65. The van der Waals surface area contributed by atoms with Gasteiger partial charge in [-0.2, -0.15) is 0 Å². The smallest absolute Gasteiger partial charge is 0.318 e. The summed E-state index contributed by atoms with van der Waals surface area (Å²) in [5, 5.41) is 2.95. The first-order valence-electron chi connectivity index (χ1n) is 7.42. The average molecular weight is 279 g/mol. The number of likely N-dealkylation sites (tertiary alicyclic amines) is 1. The van der Waals surface area contributed by atoms with Gasteiger partial charge in [0.25, 0.3) is 0 Å². The van der Waals surface area contributed by atoms with Crippen LogP contribution in [0.3, 0.4) is 0 Å². The number of hydrogen-bond acceptors (Lipinski definition) is 2. The number of hydrogen-bond donors (Lipinski definition) is 1. The molecule has 0 aromatic heterocycles. The van der Waals surface area contributed by atoms with Crippen LogP contribution in [0.4, 0.5) is 4.79 Å². The van der Waals surface area contributed by atoms with Crippen molar-refractivity contribution in [1.82, 2.24) is 15.1 Å². The van der Waals surface area contributed by atoms with Gasteiger partial charge in [0.15, 0.2) is 0 Å². The van der Waals surface area contributed by atoms with Crippen LogP contribution in [-0.2, 0) is 4.79 Å². The second-order valence-corrected chi connectivity index (χ2v) is 6.60. The molecule has 2 rings (SSSR count). The van der Waals surface area contributed by atoms with E-state index in [2.05, 4.69) is 5.32 Å². The Bertz CT molecular complexity index is 417. The zero-order valence-corrected chi connectivity index (χ0v) is 12.7. The third kappa shape index (κ3) is 3.74. The van der Waals surface area contributed by atoms with E-state index in [4.69, 9.17) is 0 Å². The summed E-state index contributed by atoms with van der Waals surface area (Å²) in [6.45, 7) is 8.80. The van der Waals surface area contributed by atoms with Crippen LogP contribution in [0, 0.1) is 0 Å². The molecule has 0 unspecified atom stereocenters. The summed E-state index contributed by atoms with van der Waals surface area (Å²) < 4.78 is 0. The van der Waals surface area contributed by atoms with Crippen LogP contribution >= 0.6 is 0 Å². The highest BCUT2D eigenvalue weighted by atomic mass is 16.2. The van der Waals surface area contributed by atoms with Crippen LogP contribution in [0.2, 0.25) is 0 Å². The molecule has 0 atom stereocenters. The molecule has 0 aliphatic carbocycles. The highest BCUT2D eigenvalue weighted by Gasteiger charge is 2.26. The normalized spacial score (nSPS) is 19.9. The van der Waals surface area contributed by atoms with Crippen molar-refractivity contribution in [3.63, 3.8) is 0 Å². The third-order valence-electron chi connectivity index (χ3n) is 3.65. The van der Waals surface area contributed by atoms with E-state index in [0.29, 0.717) is 19.5 Å². The molecule has 20 heavy (non-hydrogen) atoms. The summed E-state index contributed by atoms with van der Waals surface area (Å²) >= 11 is 0. The van der Waals surface area contributed by atoms with Crippen molar-refractivity contribution in [3.05, 3.63) is 11.6 Å². The molecule has 0 spiro atoms. The lowest BCUT2D eigenvalue weighted by molar-refractivity contribution is -0.126. The molecule has 1 N–H and O–H groups in total. The van der Waals surface area contributed by atoms with Crippen molar-refractivity contribution < 1.29 is 9.59 Å². The van der Waals surface area contributed by atoms with E-state index in [1.807, 2.05) is 31.7 Å². The lowest BCUT2D eigenvalue weighted by atomic mass is 10.1. The number of nitrogens with zero attached hydrogens (tertiary/aromatic N) is 2. The SMILES string of the molecule is CC(C)(C)NC(=O)N1CC=C(C(=O)N2CCCC2)CC1. The molecule has 2 aliphatic rings. The Morgan fingerprint density at radius 2 is 1.75 bits per heavy atom. The van der Waals surface area contributed by atoms with Gasteiger partial charge in [0.1, 0.15) is 0 Å². The first-order chi connectivity index (χ1) is 9.37. The van der Waals surface area contributed by atoms with Crippen LogP contribution in [-0.4, -0.2) is 53.5 Å². The van der Waals surface area contributed by atoms with E-state index in [1.165, 1.54) is 0 Å². The minimum atomic E-state index is -0.230. The molecule has 2 aliphatic heterocycles. The topological polar surface area (TPSA) is 52.7 Å². The van der Waals surface area contributed by atoms with Crippen molar-refractivity contribution in [2.75, 3.05) is 26.2 Å². The molecule has 0 bridgehead atoms. The Balaban J connectivity index is 1.89. The molecule has 112 valence electrons. The lowest BCUT2D eigenvalue weighted by Crippen LogP contribution is -2.50. The predicted molar refractivity (Wildman–Crippen MR) is 78.4 cm³/mol. The summed E-state index contributed by atoms with van der Waals surface area (Å²) in [6, 6.07) is -0.0542. The van der Waals surface area contributed by atoms with E-state index < -0.39 is 0 Å². The van der Waals surface area contributed by atoms with Gasteiger partial charge in [-0.05, 0) is 40.0 Å². The van der Waals surface area contributed by atoms with Crippen molar-refractivity contribution >= 4 is 11.9 Å². The second kappa shape index (κ2) is 5.85. The summed E-state index contributed by atoms with van der Waals surface area (Å²) in [7, 11) is 0. The minimum absolute atomic E-state index is 0.0542. The largest absolute Gasteiger partial charge is 0.339 e. The molecule has 0 saturated carbocycles. The molecule has 5 heteroatoms. The summed E-state index contributed by atoms with van der Waals surface area (Å²) in [5.41, 5.74) is 0.638. The Morgan fingerprint density at radius 1 is 1.10 bits per heavy atom. The van der Waals surface area contributed by atoms with Crippen LogP contribution in [0.15, 0.2) is 11.6 Å². The van der Waals surface area contributed by atoms with Gasteiger partial charge in [-0.1, -0.05) is 6.08 Å². The van der Waals surface area contributed by atoms with E-state index >= 15 is 0 Å². The van der Waals surface area contributed by atoms with Gasteiger partial charge in [-0.25, -0.2) is 4.79 Å². The van der Waals surface area contributed by atoms with Gasteiger partial charge in [-0.15, -0.1) is 0 Å². The Hall–Kier alpha value is -1.52. The Labute approximate surface area is 121 Å². The Morgan fingerprint density at radius 3 is 2.25 bits per heavy atom. The standard InChI is InChI=1S/C15H25N3O2/c1-15(2,3)16-14(20)18-10-6-12(7-11-18)13(19)17-8-4-5-9-17/h6H,4-5,7-11H2,1-3H3,(H,16,20). The zero-order chi connectivity index (χ0) is 14.8. The van der Waals surface area contributed by atoms with Gasteiger partial charge in [0, 0.05) is 37.3 Å². The summed E-state index contributed by atoms with van der Waals surface area (Å²) in [4.78, 5) is 28.0. The quantitative estimate of drug-likeness (QED) is 0.795. The van der Waals surface area contributed by atoms with Gasteiger partial charge in [0.05, 0.1) is 0 Å². The molecule has 2 heterocycles. The number of carbonyl (C=O) groups excluding carboxylic acids is 2. The molecule has 3 amide bonds. The van der Waals surface area contributed by atoms with E-state index in [-0.39, 0.29) is 17.5 Å². The molecular formula is C15H25N3O2. The molecule has 0 aromatic carbocycles. The first kappa shape index (κ1) is 14.9. The van der Waals surface area contributed by atoms with Gasteiger partial charge in [-0.3, -0.25) is 4.79 Å². The second-order valence-electron chi connectivity index (χ2n) is 6.60. The molecule has 1 saturated heterocycles. The van der Waals surface area contributed by atoms with Crippen LogP contribution in [0.1, 0.15) is 40.0 Å². The minimum Gasteiger partial charge on any atom is -0.339 e. The molecule has 5 nitrogen and oxygen atoms in total. The fraction of sp³-hybridized carbons (Fsp3) is 0.733. The number of nitrogens with one attached hydrogen (secondary N) is 1. The van der Waals surface area contributed by atoms with Crippen LogP contribution in [0.25, 0.3) is 0 Å². The molecule has 0 radical (unpaired) electrons. The maximum atomic E-state index is 12.2. The Kier molecular flexibility index (Phi) is 4.35. The van der Waals surface area contributed by atoms with Crippen LogP contribution < -0.4 is 5.32 Å². The van der Waals surface area contributed by atoms with Crippen molar-refractivity contribution in [2.45, 2.75) is 45.6 Å². The van der Waals surface area contributed by atoms with Crippen molar-refractivity contribution in [3.8, 4) is 0 Å². The van der Waals surface area contributed by atoms with Crippen LogP contribution in [0.5, 0.6) is 0 Å². The highest BCUT2D eigenvalue weighted by Crippen LogP contribution is 2.17. The maximum Gasteiger partial charge on any atom is 0.318 e. The maximum absolute atomic E-state index is 12.2. The first-order valence-corrected chi connectivity index (χ1v) is 7.42. The fourth-order valence-corrected chi connectivity index (χ4v) is 2.57. The summed E-state index contributed by atoms with van der Waals surface area (Å²) in [6.07, 6.45) is 4.79. The average Bonchev–Trinajstić information content (AvgIpc) is 2.90. The predicted octanol–water partition coefficient (Wildman–Crippen LogP) is 1.75. The van der Waals surface area contributed by atoms with E-state index in [1.54, 1.807) is 4.90 Å². The van der Waals surface area contributed by atoms with Crippen molar-refractivity contribution in [1.29, 1.82) is 0 Å². The molecule has 1 fully saturated rings. The molecule has 0 aromatic rings. The molecular weight excluding hydrogens is 254 g/mol. The number of rotatable bonds is 1. The van der Waals surface area contributed by atoms with Gasteiger partial charge >= 0.3 is 6.03 Å². The van der Waals surface area contributed by atoms with Gasteiger partial charge < -0.3 is 15.1 Å². The van der Waals surface area contributed by atoms with E-state index in [0.717, 1.165) is 31.5 Å². The number of amides is 3. The highest BCUT2D eigenvalue weighted by molar-refractivity contribution is 5.94. The lowest BCUT2D eigenvalue weighted by Gasteiger charge is -2.31. The van der Waals surface area contributed by atoms with Gasteiger partial charge in [0.2, 0.25) is 5.91 Å². The monoisotopic (exact) mass is 279 g/mol. The zero-order valence-electron chi connectivity index (χ0n) is 12.7. The number of carbonyl (C=O) groups is 2. The summed E-state index contributed by atoms with van der Waals surface area (Å²) in [5.74, 6) is 0.165. The van der Waals surface area contributed by atoms with Crippen molar-refractivity contribution in [2.24, 2.45) is 0 Å². The van der Waals surface area contributed by atoms with E-state index in [9.17, 15) is 9.59 Å². The number of urea groups is 1.